The summed E-state index contributed by atoms with van der Waals surface area (Å²) in [6.07, 6.45) is 5.35. The lowest BCUT2D eigenvalue weighted by atomic mass is 9.91. The Labute approximate surface area is 220 Å². The number of amides is 1. The molecular weight excluding hydrogens is 487 g/mol. The molecule has 2 fully saturated rings. The molecule has 5 rings (SSSR count). The molecule has 0 radical (unpaired) electrons. The van der Waals surface area contributed by atoms with Crippen molar-refractivity contribution >= 4 is 16.9 Å². The second kappa shape index (κ2) is 11.6. The van der Waals surface area contributed by atoms with Crippen molar-refractivity contribution in [1.82, 2.24) is 9.62 Å². The topological polar surface area (TPSA) is 58.6 Å². The Balaban J connectivity index is 1.25. The quantitative estimate of drug-likeness (QED) is 0.399. The molecule has 1 amide bonds. The fraction of sp³-hybridized carbons (Fsp3) is 0.367. The van der Waals surface area contributed by atoms with Gasteiger partial charge in [-0.1, -0.05) is 60.7 Å². The summed E-state index contributed by atoms with van der Waals surface area (Å²) in [5, 5.41) is 0. The van der Waals surface area contributed by atoms with Crippen LogP contribution in [0.1, 0.15) is 64.7 Å². The lowest BCUT2D eigenvalue weighted by Gasteiger charge is -2.38. The lowest BCUT2D eigenvalue weighted by Crippen LogP contribution is -2.38. The van der Waals surface area contributed by atoms with Gasteiger partial charge in [0.25, 0.3) is 5.91 Å². The van der Waals surface area contributed by atoms with Gasteiger partial charge in [0, 0.05) is 12.3 Å². The third kappa shape index (κ3) is 6.28. The molecule has 0 spiro atoms. The van der Waals surface area contributed by atoms with E-state index >= 15 is 0 Å². The second-order valence-electron chi connectivity index (χ2n) is 10.0. The van der Waals surface area contributed by atoms with Crippen LogP contribution in [0.4, 0.5) is 4.39 Å². The predicted octanol–water partition coefficient (Wildman–Crippen LogP) is 5.61. The van der Waals surface area contributed by atoms with Gasteiger partial charge < -0.3 is 4.74 Å². The van der Waals surface area contributed by atoms with Gasteiger partial charge in [-0.15, -0.1) is 0 Å². The van der Waals surface area contributed by atoms with E-state index in [1.165, 1.54) is 23.4 Å². The van der Waals surface area contributed by atoms with Gasteiger partial charge in [-0.05, 0) is 73.4 Å². The smallest absolute Gasteiger partial charge is 0.265 e. The Morgan fingerprint density at radius 3 is 2.14 bits per heavy atom. The summed E-state index contributed by atoms with van der Waals surface area (Å²) >= 11 is 0. The van der Waals surface area contributed by atoms with E-state index < -0.39 is 22.7 Å². The Morgan fingerprint density at radius 2 is 1.59 bits per heavy atom. The van der Waals surface area contributed by atoms with E-state index in [1.807, 2.05) is 0 Å². The predicted molar refractivity (Wildman–Crippen MR) is 144 cm³/mol. The molecule has 1 saturated carbocycles. The largest absolute Gasteiger partial charge is 0.493 e. The molecule has 3 aromatic carbocycles. The molecular formula is C30H33FN2O3S. The number of ether oxygens (including phenoxy) is 1. The SMILES string of the molecule is CS(=O)NC(=O)c1cc(C2CC2)c(OCC2CCN(C(c3ccccc3)c3ccccc3)CC2)cc1F. The van der Waals surface area contributed by atoms with Gasteiger partial charge >= 0.3 is 0 Å². The molecule has 1 N–H and O–H groups in total. The molecule has 0 bridgehead atoms. The van der Waals surface area contributed by atoms with E-state index in [4.69, 9.17) is 4.74 Å². The number of benzene rings is 3. The third-order valence-corrected chi connectivity index (χ3v) is 7.79. The van der Waals surface area contributed by atoms with Crippen LogP contribution in [0.5, 0.6) is 5.75 Å². The number of rotatable bonds is 9. The minimum atomic E-state index is -1.55. The highest BCUT2D eigenvalue weighted by Gasteiger charge is 2.31. The first-order valence-corrected chi connectivity index (χ1v) is 14.5. The van der Waals surface area contributed by atoms with Gasteiger partial charge in [0.15, 0.2) is 0 Å². The maximum atomic E-state index is 14.8. The molecule has 37 heavy (non-hydrogen) atoms. The van der Waals surface area contributed by atoms with Gasteiger partial charge in [-0.3, -0.25) is 14.4 Å². The summed E-state index contributed by atoms with van der Waals surface area (Å²) in [5.41, 5.74) is 3.39. The maximum absolute atomic E-state index is 14.8. The van der Waals surface area contributed by atoms with Crippen LogP contribution in [0.25, 0.3) is 0 Å². The highest BCUT2D eigenvalue weighted by molar-refractivity contribution is 7.82. The van der Waals surface area contributed by atoms with E-state index in [0.29, 0.717) is 18.3 Å². The number of hydrogen-bond acceptors (Lipinski definition) is 4. The second-order valence-corrected chi connectivity index (χ2v) is 11.2. The minimum Gasteiger partial charge on any atom is -0.493 e. The zero-order valence-corrected chi connectivity index (χ0v) is 21.9. The van der Waals surface area contributed by atoms with Crippen LogP contribution in [0.3, 0.4) is 0 Å². The van der Waals surface area contributed by atoms with Crippen molar-refractivity contribution < 1.29 is 18.1 Å². The van der Waals surface area contributed by atoms with E-state index in [1.54, 1.807) is 6.07 Å². The minimum absolute atomic E-state index is 0.0781. The molecule has 2 aliphatic rings. The summed E-state index contributed by atoms with van der Waals surface area (Å²) in [6, 6.07) is 24.4. The molecule has 7 heteroatoms. The molecule has 1 aliphatic carbocycles. The first-order chi connectivity index (χ1) is 18.0. The van der Waals surface area contributed by atoms with Crippen molar-refractivity contribution in [2.45, 2.75) is 37.6 Å². The van der Waals surface area contributed by atoms with Crippen LogP contribution in [0.15, 0.2) is 72.8 Å². The normalized spacial score (nSPS) is 17.5. The van der Waals surface area contributed by atoms with Crippen molar-refractivity contribution in [3.63, 3.8) is 0 Å². The highest BCUT2D eigenvalue weighted by atomic mass is 32.2. The highest BCUT2D eigenvalue weighted by Crippen LogP contribution is 2.45. The van der Waals surface area contributed by atoms with Crippen molar-refractivity contribution in [1.29, 1.82) is 0 Å². The lowest BCUT2D eigenvalue weighted by molar-refractivity contribution is 0.0978. The number of carbonyl (C=O) groups is 1. The van der Waals surface area contributed by atoms with Gasteiger partial charge in [0.05, 0.1) is 18.2 Å². The van der Waals surface area contributed by atoms with E-state index in [9.17, 15) is 13.4 Å². The van der Waals surface area contributed by atoms with Gasteiger partial charge in [0.2, 0.25) is 0 Å². The van der Waals surface area contributed by atoms with Crippen LogP contribution in [-0.4, -0.2) is 41.0 Å². The third-order valence-electron chi connectivity index (χ3n) is 7.32. The van der Waals surface area contributed by atoms with Crippen LogP contribution < -0.4 is 9.46 Å². The summed E-state index contributed by atoms with van der Waals surface area (Å²) < 4.78 is 34.6. The fourth-order valence-corrected chi connectivity index (χ4v) is 5.61. The number of halogens is 1. The number of likely N-dealkylation sites (tertiary alicyclic amines) is 1. The number of hydrogen-bond donors (Lipinski definition) is 1. The number of nitrogens with zero attached hydrogens (tertiary/aromatic N) is 1. The molecule has 194 valence electrons. The molecule has 1 saturated heterocycles. The van der Waals surface area contributed by atoms with Crippen LogP contribution in [0.2, 0.25) is 0 Å². The van der Waals surface area contributed by atoms with Gasteiger partial charge in [-0.25, -0.2) is 8.60 Å². The van der Waals surface area contributed by atoms with E-state index in [-0.39, 0.29) is 17.5 Å². The van der Waals surface area contributed by atoms with Crippen molar-refractivity contribution in [2.24, 2.45) is 5.92 Å². The molecule has 1 atom stereocenters. The molecule has 1 aliphatic heterocycles. The fourth-order valence-electron chi connectivity index (χ4n) is 5.24. The van der Waals surface area contributed by atoms with E-state index in [0.717, 1.165) is 44.3 Å². The Bertz CT molecular complexity index is 1200. The zero-order chi connectivity index (χ0) is 25.8. The molecule has 0 aromatic heterocycles. The van der Waals surface area contributed by atoms with E-state index in [2.05, 4.69) is 70.3 Å². The van der Waals surface area contributed by atoms with Gasteiger partial charge in [0.1, 0.15) is 22.6 Å². The molecule has 3 aromatic rings. The summed E-state index contributed by atoms with van der Waals surface area (Å²) in [7, 11) is -1.55. The molecule has 1 heterocycles. The van der Waals surface area contributed by atoms with Crippen molar-refractivity contribution in [3.05, 3.63) is 101 Å². The van der Waals surface area contributed by atoms with Crippen molar-refractivity contribution in [2.75, 3.05) is 26.0 Å². The maximum Gasteiger partial charge on any atom is 0.265 e. The summed E-state index contributed by atoms with van der Waals surface area (Å²) in [6.45, 7) is 2.44. The average molecular weight is 521 g/mol. The monoisotopic (exact) mass is 520 g/mol. The average Bonchev–Trinajstić information content (AvgIpc) is 3.75. The molecule has 5 nitrogen and oxygen atoms in total. The first kappa shape index (κ1) is 25.6. The standard InChI is InChI=1S/C30H33FN2O3S/c1-37(35)32-30(34)26-18-25(22-12-13-22)28(19-27(26)31)36-20-21-14-16-33(17-15-21)29(23-8-4-2-5-9-23)24-10-6-3-7-11-24/h2-11,18-19,21-22,29H,12-17,20H2,1H3,(H,32,34). The van der Waals surface area contributed by atoms with Crippen LogP contribution in [0, 0.1) is 11.7 Å². The summed E-state index contributed by atoms with van der Waals surface area (Å²) in [5.74, 6) is -0.114. The number of piperidine rings is 1. The Kier molecular flexibility index (Phi) is 8.01. The number of carbonyl (C=O) groups excluding carboxylic acids is 1. The summed E-state index contributed by atoms with van der Waals surface area (Å²) in [4.78, 5) is 14.8. The Morgan fingerprint density at radius 1 is 1.00 bits per heavy atom. The van der Waals surface area contributed by atoms with Crippen molar-refractivity contribution in [3.8, 4) is 5.75 Å². The van der Waals surface area contributed by atoms with Gasteiger partial charge in [-0.2, -0.15) is 0 Å². The van der Waals surface area contributed by atoms with Crippen LogP contribution in [-0.2, 0) is 11.0 Å². The first-order valence-electron chi connectivity index (χ1n) is 12.9. The zero-order valence-electron chi connectivity index (χ0n) is 21.1. The van der Waals surface area contributed by atoms with Crippen LogP contribution >= 0.6 is 0 Å². The Hall–Kier alpha value is -3.03. The molecule has 1 unspecified atom stereocenters. The number of nitrogens with one attached hydrogen (secondary N) is 1.